The lowest BCUT2D eigenvalue weighted by molar-refractivity contribution is -0.144. The van der Waals surface area contributed by atoms with Crippen molar-refractivity contribution in [1.82, 2.24) is 9.97 Å². The molecule has 7 nitrogen and oxygen atoms in total. The molecular weight excluding hydrogens is 262 g/mol. The fraction of sp³-hybridized carbons (Fsp3) is 0.154. The van der Waals surface area contributed by atoms with Gasteiger partial charge in [0.05, 0.1) is 24.8 Å². The molecule has 102 valence electrons. The average molecular weight is 273 g/mol. The number of benzene rings is 1. The number of rotatable bonds is 2. The molecule has 2 heterocycles. The highest BCUT2D eigenvalue weighted by Crippen LogP contribution is 2.33. The van der Waals surface area contributed by atoms with Crippen LogP contribution < -0.4 is 9.64 Å². The molecule has 2 aromatic rings. The third-order valence-corrected chi connectivity index (χ3v) is 3.02. The van der Waals surface area contributed by atoms with Crippen LogP contribution in [0.4, 0.5) is 5.69 Å². The topological polar surface area (TPSA) is 95.5 Å². The second-order valence-corrected chi connectivity index (χ2v) is 4.29. The minimum Gasteiger partial charge on any atom is -0.478 e. The number of hydrogen-bond acceptors (Lipinski definition) is 4. The number of carboxylic acids is 1. The lowest BCUT2D eigenvalue weighted by Crippen LogP contribution is -2.47. The highest BCUT2D eigenvalue weighted by Gasteiger charge is 2.34. The van der Waals surface area contributed by atoms with Crippen molar-refractivity contribution in [1.29, 1.82) is 0 Å². The fourth-order valence-electron chi connectivity index (χ4n) is 2.07. The van der Waals surface area contributed by atoms with E-state index in [4.69, 9.17) is 9.84 Å². The van der Waals surface area contributed by atoms with E-state index >= 15 is 0 Å². The molecule has 1 aromatic carbocycles. The van der Waals surface area contributed by atoms with Crippen LogP contribution in [0.1, 0.15) is 10.5 Å². The Morgan fingerprint density at radius 1 is 1.40 bits per heavy atom. The van der Waals surface area contributed by atoms with Crippen molar-refractivity contribution in [2.24, 2.45) is 0 Å². The van der Waals surface area contributed by atoms with Crippen molar-refractivity contribution < 1.29 is 19.4 Å². The predicted molar refractivity (Wildman–Crippen MR) is 68.8 cm³/mol. The average Bonchev–Trinajstić information content (AvgIpc) is 2.99. The molecule has 0 spiro atoms. The number of imidazole rings is 1. The number of amides is 1. The number of H-pyrrole nitrogens is 1. The summed E-state index contributed by atoms with van der Waals surface area (Å²) in [6.45, 7) is -0.0514. The number of carbonyl (C=O) groups is 2. The third kappa shape index (κ3) is 1.99. The van der Waals surface area contributed by atoms with Gasteiger partial charge < -0.3 is 14.8 Å². The number of carboxylic acid groups (broad SMARTS) is 1. The maximum Gasteiger partial charge on any atom is 0.346 e. The Hall–Kier alpha value is -2.83. The van der Waals surface area contributed by atoms with E-state index in [0.29, 0.717) is 17.1 Å². The Morgan fingerprint density at radius 2 is 2.20 bits per heavy atom. The largest absolute Gasteiger partial charge is 0.478 e. The first-order valence-corrected chi connectivity index (χ1v) is 5.95. The summed E-state index contributed by atoms with van der Waals surface area (Å²) in [5, 5.41) is 9.11. The molecule has 1 unspecified atom stereocenters. The van der Waals surface area contributed by atoms with Crippen LogP contribution in [-0.4, -0.2) is 39.6 Å². The van der Waals surface area contributed by atoms with Crippen LogP contribution in [0.2, 0.25) is 0 Å². The molecule has 0 radical (unpaired) electrons. The van der Waals surface area contributed by atoms with E-state index in [1.807, 2.05) is 0 Å². The summed E-state index contributed by atoms with van der Waals surface area (Å²) in [6, 6.07) is 6.83. The van der Waals surface area contributed by atoms with Gasteiger partial charge in [-0.1, -0.05) is 12.1 Å². The van der Waals surface area contributed by atoms with Gasteiger partial charge in [-0.15, -0.1) is 0 Å². The molecule has 7 heteroatoms. The normalized spacial score (nSPS) is 17.2. The quantitative estimate of drug-likeness (QED) is 0.847. The predicted octanol–water partition coefficient (Wildman–Crippen LogP) is 0.902. The van der Waals surface area contributed by atoms with Gasteiger partial charge in [0, 0.05) is 0 Å². The smallest absolute Gasteiger partial charge is 0.346 e. The summed E-state index contributed by atoms with van der Waals surface area (Å²) in [5.41, 5.74) is 0.843. The van der Waals surface area contributed by atoms with Gasteiger partial charge in [-0.3, -0.25) is 9.69 Å². The number of fused-ring (bicyclic) bond motifs is 1. The summed E-state index contributed by atoms with van der Waals surface area (Å²) < 4.78 is 5.37. The third-order valence-electron chi connectivity index (χ3n) is 3.02. The number of nitrogens with one attached hydrogen (secondary N) is 1. The number of aromatic amines is 1. The zero-order chi connectivity index (χ0) is 14.1. The first kappa shape index (κ1) is 12.2. The van der Waals surface area contributed by atoms with Gasteiger partial charge >= 0.3 is 5.97 Å². The van der Waals surface area contributed by atoms with Gasteiger partial charge in [0.25, 0.3) is 5.91 Å². The number of hydrogen-bond donors (Lipinski definition) is 2. The van der Waals surface area contributed by atoms with Crippen molar-refractivity contribution in [2.45, 2.75) is 6.10 Å². The summed E-state index contributed by atoms with van der Waals surface area (Å²) in [5.74, 6) is -1.08. The number of carbonyl (C=O) groups excluding carboxylic acids is 1. The molecule has 1 amide bonds. The maximum absolute atomic E-state index is 12.4. The van der Waals surface area contributed by atoms with E-state index in [-0.39, 0.29) is 12.5 Å². The van der Waals surface area contributed by atoms with Crippen molar-refractivity contribution in [3.63, 3.8) is 0 Å². The minimum absolute atomic E-state index is 0.0514. The van der Waals surface area contributed by atoms with Crippen LogP contribution in [0.3, 0.4) is 0 Å². The molecule has 2 N–H and O–H groups in total. The first-order valence-electron chi connectivity index (χ1n) is 5.95. The molecule has 0 aliphatic carbocycles. The zero-order valence-corrected chi connectivity index (χ0v) is 10.3. The van der Waals surface area contributed by atoms with Crippen LogP contribution in [0, 0.1) is 0 Å². The van der Waals surface area contributed by atoms with Crippen LogP contribution >= 0.6 is 0 Å². The van der Waals surface area contributed by atoms with E-state index in [1.165, 1.54) is 17.4 Å². The van der Waals surface area contributed by atoms with Gasteiger partial charge in [0.2, 0.25) is 6.10 Å². The standard InChI is InChI=1S/C13H11N3O4/c17-12(8-5-14-7-15-8)16-6-11(13(18)19)20-10-4-2-1-3-9(10)16/h1-5,7,11H,6H2,(H,14,15)(H,18,19). The SMILES string of the molecule is O=C(O)C1CN(C(=O)c2cnc[nH]2)c2ccccc2O1. The molecular formula is C13H11N3O4. The van der Waals surface area contributed by atoms with Crippen LogP contribution in [0.5, 0.6) is 5.75 Å². The van der Waals surface area contributed by atoms with E-state index in [9.17, 15) is 9.59 Å². The van der Waals surface area contributed by atoms with Crippen molar-refractivity contribution in [3.05, 3.63) is 42.5 Å². The van der Waals surface area contributed by atoms with E-state index in [1.54, 1.807) is 24.3 Å². The Bertz CT molecular complexity index is 653. The Labute approximate surface area is 113 Å². The van der Waals surface area contributed by atoms with E-state index in [2.05, 4.69) is 9.97 Å². The van der Waals surface area contributed by atoms with Crippen LogP contribution in [0.25, 0.3) is 0 Å². The molecule has 1 atom stereocenters. The molecule has 0 saturated heterocycles. The first-order chi connectivity index (χ1) is 9.66. The maximum atomic E-state index is 12.4. The molecule has 1 aliphatic heterocycles. The second kappa shape index (κ2) is 4.69. The summed E-state index contributed by atoms with van der Waals surface area (Å²) in [6.07, 6.45) is 1.71. The van der Waals surface area contributed by atoms with Gasteiger partial charge in [-0.2, -0.15) is 0 Å². The summed E-state index contributed by atoms with van der Waals surface area (Å²) in [4.78, 5) is 31.4. The van der Waals surface area contributed by atoms with Gasteiger partial charge in [-0.25, -0.2) is 9.78 Å². The number of para-hydroxylation sites is 2. The van der Waals surface area contributed by atoms with Crippen molar-refractivity contribution >= 4 is 17.6 Å². The number of aromatic nitrogens is 2. The highest BCUT2D eigenvalue weighted by molar-refractivity contribution is 6.06. The number of nitrogens with zero attached hydrogens (tertiary/aromatic N) is 2. The zero-order valence-electron chi connectivity index (χ0n) is 10.3. The number of anilines is 1. The molecule has 1 aliphatic rings. The lowest BCUT2D eigenvalue weighted by atomic mass is 10.1. The second-order valence-electron chi connectivity index (χ2n) is 4.29. The van der Waals surface area contributed by atoms with Gasteiger partial charge in [0.15, 0.2) is 0 Å². The van der Waals surface area contributed by atoms with Crippen LogP contribution in [-0.2, 0) is 4.79 Å². The number of aliphatic carboxylic acids is 1. The fourth-order valence-corrected chi connectivity index (χ4v) is 2.07. The molecule has 0 saturated carbocycles. The molecule has 0 fully saturated rings. The minimum atomic E-state index is -1.11. The summed E-state index contributed by atoms with van der Waals surface area (Å²) >= 11 is 0. The lowest BCUT2D eigenvalue weighted by Gasteiger charge is -2.32. The van der Waals surface area contributed by atoms with E-state index in [0.717, 1.165) is 0 Å². The van der Waals surface area contributed by atoms with Crippen molar-refractivity contribution in [3.8, 4) is 5.75 Å². The molecule has 1 aromatic heterocycles. The Morgan fingerprint density at radius 3 is 2.90 bits per heavy atom. The monoisotopic (exact) mass is 273 g/mol. The van der Waals surface area contributed by atoms with E-state index < -0.39 is 12.1 Å². The van der Waals surface area contributed by atoms with Crippen LogP contribution in [0.15, 0.2) is 36.8 Å². The Kier molecular flexibility index (Phi) is 2.86. The number of ether oxygens (including phenoxy) is 1. The summed E-state index contributed by atoms with van der Waals surface area (Å²) in [7, 11) is 0. The molecule has 20 heavy (non-hydrogen) atoms. The van der Waals surface area contributed by atoms with Gasteiger partial charge in [0.1, 0.15) is 11.4 Å². The van der Waals surface area contributed by atoms with Gasteiger partial charge in [-0.05, 0) is 12.1 Å². The molecule has 0 bridgehead atoms. The Balaban J connectivity index is 2.01. The highest BCUT2D eigenvalue weighted by atomic mass is 16.5. The van der Waals surface area contributed by atoms with Crippen molar-refractivity contribution in [2.75, 3.05) is 11.4 Å². The molecule has 3 rings (SSSR count).